The van der Waals surface area contributed by atoms with E-state index in [9.17, 15) is 5.11 Å². The van der Waals surface area contributed by atoms with Crippen LogP contribution in [0.2, 0.25) is 0 Å². The zero-order chi connectivity index (χ0) is 15.5. The molecule has 3 rings (SSSR count). The SMILES string of the molecule is COc1cccc2c1CCC2NC(C)c1cccc(CO)c1. The standard InChI is InChI=1S/C19H23NO2/c1-13(15-6-3-5-14(11-15)12-21)20-18-10-9-17-16(18)7-4-8-19(17)22-2/h3-8,11,13,18,20-21H,9-10,12H2,1-2H3. The molecule has 0 fully saturated rings. The number of fused-ring (bicyclic) bond motifs is 1. The van der Waals surface area contributed by atoms with Crippen LogP contribution < -0.4 is 10.1 Å². The smallest absolute Gasteiger partial charge is 0.122 e. The number of rotatable bonds is 5. The third-order valence-electron chi connectivity index (χ3n) is 4.53. The van der Waals surface area contributed by atoms with Crippen LogP contribution in [0.3, 0.4) is 0 Å². The van der Waals surface area contributed by atoms with E-state index in [2.05, 4.69) is 36.5 Å². The predicted molar refractivity (Wildman–Crippen MR) is 88.0 cm³/mol. The number of benzene rings is 2. The van der Waals surface area contributed by atoms with Gasteiger partial charge in [0.2, 0.25) is 0 Å². The molecule has 2 atom stereocenters. The van der Waals surface area contributed by atoms with Crippen LogP contribution in [-0.4, -0.2) is 12.2 Å². The number of aliphatic hydroxyl groups is 1. The van der Waals surface area contributed by atoms with Gasteiger partial charge in [-0.15, -0.1) is 0 Å². The highest BCUT2D eigenvalue weighted by Crippen LogP contribution is 2.38. The summed E-state index contributed by atoms with van der Waals surface area (Å²) < 4.78 is 5.47. The first-order chi connectivity index (χ1) is 10.7. The maximum Gasteiger partial charge on any atom is 0.122 e. The van der Waals surface area contributed by atoms with Gasteiger partial charge in [0.05, 0.1) is 13.7 Å². The fraction of sp³-hybridized carbons (Fsp3) is 0.368. The average Bonchev–Trinajstić information content (AvgIpc) is 2.98. The number of hydrogen-bond acceptors (Lipinski definition) is 3. The van der Waals surface area contributed by atoms with Gasteiger partial charge in [0.25, 0.3) is 0 Å². The van der Waals surface area contributed by atoms with Crippen LogP contribution >= 0.6 is 0 Å². The molecule has 2 aromatic carbocycles. The number of methoxy groups -OCH3 is 1. The van der Waals surface area contributed by atoms with Crippen LogP contribution in [0.4, 0.5) is 0 Å². The van der Waals surface area contributed by atoms with Crippen molar-refractivity contribution in [2.75, 3.05) is 7.11 Å². The predicted octanol–water partition coefficient (Wildman–Crippen LogP) is 3.53. The molecule has 0 aliphatic heterocycles. The highest BCUT2D eigenvalue weighted by Gasteiger charge is 2.26. The summed E-state index contributed by atoms with van der Waals surface area (Å²) in [6, 6.07) is 15.0. The zero-order valence-electron chi connectivity index (χ0n) is 13.2. The van der Waals surface area contributed by atoms with Gasteiger partial charge in [-0.1, -0.05) is 36.4 Å². The van der Waals surface area contributed by atoms with Crippen molar-refractivity contribution in [2.24, 2.45) is 0 Å². The lowest BCUT2D eigenvalue weighted by Crippen LogP contribution is -2.23. The van der Waals surface area contributed by atoms with E-state index in [0.717, 1.165) is 24.2 Å². The number of aliphatic hydroxyl groups excluding tert-OH is 1. The molecule has 0 heterocycles. The molecule has 0 amide bonds. The quantitative estimate of drug-likeness (QED) is 0.887. The summed E-state index contributed by atoms with van der Waals surface area (Å²) in [6.45, 7) is 2.26. The molecule has 2 aromatic rings. The van der Waals surface area contributed by atoms with Crippen molar-refractivity contribution in [3.63, 3.8) is 0 Å². The van der Waals surface area contributed by atoms with E-state index in [-0.39, 0.29) is 12.6 Å². The molecular weight excluding hydrogens is 274 g/mol. The van der Waals surface area contributed by atoms with E-state index < -0.39 is 0 Å². The second-order valence-electron chi connectivity index (χ2n) is 5.91. The Morgan fingerprint density at radius 1 is 1.27 bits per heavy atom. The molecule has 0 bridgehead atoms. The second-order valence-corrected chi connectivity index (χ2v) is 5.91. The Morgan fingerprint density at radius 2 is 2.09 bits per heavy atom. The molecule has 0 aromatic heterocycles. The first-order valence-electron chi connectivity index (χ1n) is 7.84. The molecule has 0 saturated carbocycles. The van der Waals surface area contributed by atoms with E-state index in [1.54, 1.807) is 7.11 Å². The minimum atomic E-state index is 0.0873. The summed E-state index contributed by atoms with van der Waals surface area (Å²) >= 11 is 0. The highest BCUT2D eigenvalue weighted by atomic mass is 16.5. The van der Waals surface area contributed by atoms with Crippen molar-refractivity contribution in [3.05, 3.63) is 64.7 Å². The van der Waals surface area contributed by atoms with Crippen LogP contribution in [0.25, 0.3) is 0 Å². The summed E-state index contributed by atoms with van der Waals surface area (Å²) in [5.41, 5.74) is 4.85. The molecule has 2 unspecified atom stereocenters. The first kappa shape index (κ1) is 15.1. The second kappa shape index (κ2) is 6.51. The molecule has 1 aliphatic rings. The van der Waals surface area contributed by atoms with Gasteiger partial charge in [-0.05, 0) is 48.1 Å². The van der Waals surface area contributed by atoms with Crippen molar-refractivity contribution < 1.29 is 9.84 Å². The minimum absolute atomic E-state index is 0.0873. The van der Waals surface area contributed by atoms with Gasteiger partial charge in [0, 0.05) is 12.1 Å². The van der Waals surface area contributed by atoms with Gasteiger partial charge in [-0.3, -0.25) is 0 Å². The fourth-order valence-corrected chi connectivity index (χ4v) is 3.34. The maximum atomic E-state index is 9.28. The van der Waals surface area contributed by atoms with Crippen molar-refractivity contribution in [1.82, 2.24) is 5.32 Å². The van der Waals surface area contributed by atoms with E-state index >= 15 is 0 Å². The molecule has 116 valence electrons. The van der Waals surface area contributed by atoms with Crippen LogP contribution in [-0.2, 0) is 13.0 Å². The Morgan fingerprint density at radius 3 is 2.86 bits per heavy atom. The van der Waals surface area contributed by atoms with Crippen molar-refractivity contribution >= 4 is 0 Å². The van der Waals surface area contributed by atoms with Crippen LogP contribution in [0, 0.1) is 0 Å². The number of nitrogens with one attached hydrogen (secondary N) is 1. The molecular formula is C19H23NO2. The molecule has 22 heavy (non-hydrogen) atoms. The largest absolute Gasteiger partial charge is 0.496 e. The van der Waals surface area contributed by atoms with E-state index in [4.69, 9.17) is 4.74 Å². The maximum absolute atomic E-state index is 9.28. The Bertz CT molecular complexity index is 654. The topological polar surface area (TPSA) is 41.5 Å². The van der Waals surface area contributed by atoms with Gasteiger partial charge in [0.1, 0.15) is 5.75 Å². The summed E-state index contributed by atoms with van der Waals surface area (Å²) in [5, 5.41) is 13.0. The molecule has 0 radical (unpaired) electrons. The fourth-order valence-electron chi connectivity index (χ4n) is 3.34. The van der Waals surface area contributed by atoms with E-state index in [0.29, 0.717) is 6.04 Å². The van der Waals surface area contributed by atoms with E-state index in [1.165, 1.54) is 16.7 Å². The summed E-state index contributed by atoms with van der Waals surface area (Å²) in [7, 11) is 1.74. The van der Waals surface area contributed by atoms with Crippen molar-refractivity contribution in [3.8, 4) is 5.75 Å². The number of ether oxygens (including phenoxy) is 1. The molecule has 0 spiro atoms. The third kappa shape index (κ3) is 2.87. The normalized spacial score (nSPS) is 18.0. The van der Waals surface area contributed by atoms with Crippen molar-refractivity contribution in [2.45, 2.75) is 38.5 Å². The van der Waals surface area contributed by atoms with Gasteiger partial charge < -0.3 is 15.2 Å². The first-order valence-corrected chi connectivity index (χ1v) is 7.84. The van der Waals surface area contributed by atoms with Crippen LogP contribution in [0.5, 0.6) is 5.75 Å². The molecule has 3 nitrogen and oxygen atoms in total. The van der Waals surface area contributed by atoms with Gasteiger partial charge in [0.15, 0.2) is 0 Å². The highest BCUT2D eigenvalue weighted by molar-refractivity contribution is 5.45. The van der Waals surface area contributed by atoms with Gasteiger partial charge in [-0.2, -0.15) is 0 Å². The Hall–Kier alpha value is -1.84. The molecule has 3 heteroatoms. The average molecular weight is 297 g/mol. The van der Waals surface area contributed by atoms with Crippen LogP contribution in [0.15, 0.2) is 42.5 Å². The van der Waals surface area contributed by atoms with Gasteiger partial charge >= 0.3 is 0 Å². The Kier molecular flexibility index (Phi) is 4.46. The van der Waals surface area contributed by atoms with E-state index in [1.807, 2.05) is 18.2 Å². The van der Waals surface area contributed by atoms with Gasteiger partial charge in [-0.25, -0.2) is 0 Å². The minimum Gasteiger partial charge on any atom is -0.496 e. The van der Waals surface area contributed by atoms with Crippen molar-refractivity contribution in [1.29, 1.82) is 0 Å². The lowest BCUT2D eigenvalue weighted by molar-refractivity contribution is 0.281. The molecule has 0 saturated heterocycles. The molecule has 2 N–H and O–H groups in total. The third-order valence-corrected chi connectivity index (χ3v) is 4.53. The lowest BCUT2D eigenvalue weighted by atomic mass is 10.0. The monoisotopic (exact) mass is 297 g/mol. The summed E-state index contributed by atoms with van der Waals surface area (Å²) in [4.78, 5) is 0. The number of hydrogen-bond donors (Lipinski definition) is 2. The summed E-state index contributed by atoms with van der Waals surface area (Å²) in [5.74, 6) is 0.997. The van der Waals surface area contributed by atoms with Crippen LogP contribution in [0.1, 0.15) is 47.7 Å². The summed E-state index contributed by atoms with van der Waals surface area (Å²) in [6.07, 6.45) is 2.15. The lowest BCUT2D eigenvalue weighted by Gasteiger charge is -2.21. The molecule has 1 aliphatic carbocycles. The Balaban J connectivity index is 1.78. The Labute approximate surface area is 131 Å². The zero-order valence-corrected chi connectivity index (χ0v) is 13.2.